The highest BCUT2D eigenvalue weighted by atomic mass is 16.6. The molecule has 22 heavy (non-hydrogen) atoms. The molecule has 6 nitrogen and oxygen atoms in total. The van der Waals surface area contributed by atoms with Gasteiger partial charge in [-0.2, -0.15) is 0 Å². The molecule has 6 heteroatoms. The summed E-state index contributed by atoms with van der Waals surface area (Å²) in [5.41, 5.74) is -0.793. The van der Waals surface area contributed by atoms with E-state index >= 15 is 0 Å². The molecule has 0 fully saturated rings. The van der Waals surface area contributed by atoms with Crippen molar-refractivity contribution in [1.29, 1.82) is 0 Å². The first kappa shape index (κ1) is 17.1. The number of rotatable bonds is 3. The van der Waals surface area contributed by atoms with Crippen LogP contribution in [0.15, 0.2) is 30.4 Å². The van der Waals surface area contributed by atoms with Gasteiger partial charge in [-0.15, -0.1) is 6.42 Å². The molecule has 0 saturated heterocycles. The number of non-ortho nitro benzene ring substituents is 1. The van der Waals surface area contributed by atoms with Gasteiger partial charge in [0.15, 0.2) is 0 Å². The molecule has 1 aromatic carbocycles. The Morgan fingerprint density at radius 2 is 1.95 bits per heavy atom. The standard InChI is InChI=1S/C16H15NO5/c1-6-11-9-12(17(20)21)7-8-13(11)15(19)22-14(18)10(2)16(3,4)5/h1,7-9H,2H2,3-5H3. The predicted octanol–water partition coefficient (Wildman–Crippen LogP) is 2.86. The number of esters is 2. The summed E-state index contributed by atoms with van der Waals surface area (Å²) < 4.78 is 4.72. The Bertz CT molecular complexity index is 704. The normalized spacial score (nSPS) is 10.5. The Labute approximate surface area is 127 Å². The van der Waals surface area contributed by atoms with Crippen LogP contribution in [0.4, 0.5) is 5.69 Å². The second-order valence-electron chi connectivity index (χ2n) is 5.54. The molecule has 0 aliphatic carbocycles. The maximum absolute atomic E-state index is 12.0. The third-order valence-electron chi connectivity index (χ3n) is 2.93. The van der Waals surface area contributed by atoms with Crippen LogP contribution in [0.1, 0.15) is 36.7 Å². The van der Waals surface area contributed by atoms with Gasteiger partial charge in [0.05, 0.1) is 10.5 Å². The first-order valence-electron chi connectivity index (χ1n) is 6.29. The van der Waals surface area contributed by atoms with Crippen molar-refractivity contribution in [3.05, 3.63) is 51.6 Å². The Morgan fingerprint density at radius 1 is 1.36 bits per heavy atom. The zero-order valence-electron chi connectivity index (χ0n) is 12.5. The van der Waals surface area contributed by atoms with E-state index in [2.05, 4.69) is 12.5 Å². The van der Waals surface area contributed by atoms with E-state index in [9.17, 15) is 19.7 Å². The number of nitro benzene ring substituents is 1. The van der Waals surface area contributed by atoms with Crippen LogP contribution in [-0.2, 0) is 9.53 Å². The molecule has 0 unspecified atom stereocenters. The van der Waals surface area contributed by atoms with Crippen LogP contribution < -0.4 is 0 Å². The van der Waals surface area contributed by atoms with E-state index < -0.39 is 22.3 Å². The number of benzene rings is 1. The molecule has 0 spiro atoms. The smallest absolute Gasteiger partial charge is 0.347 e. The van der Waals surface area contributed by atoms with Crippen LogP contribution in [-0.4, -0.2) is 16.9 Å². The van der Waals surface area contributed by atoms with E-state index in [1.165, 1.54) is 0 Å². The van der Waals surface area contributed by atoms with Crippen molar-refractivity contribution in [2.45, 2.75) is 20.8 Å². The quantitative estimate of drug-likeness (QED) is 0.214. The van der Waals surface area contributed by atoms with Crippen LogP contribution in [0.5, 0.6) is 0 Å². The number of ether oxygens (including phenoxy) is 1. The van der Waals surface area contributed by atoms with Crippen LogP contribution in [0.3, 0.4) is 0 Å². The molecule has 0 N–H and O–H groups in total. The van der Waals surface area contributed by atoms with Gasteiger partial charge in [-0.3, -0.25) is 10.1 Å². The van der Waals surface area contributed by atoms with Crippen LogP contribution in [0.25, 0.3) is 0 Å². The fraction of sp³-hybridized carbons (Fsp3) is 0.250. The first-order chi connectivity index (χ1) is 10.1. The lowest BCUT2D eigenvalue weighted by Gasteiger charge is -2.19. The van der Waals surface area contributed by atoms with Gasteiger partial charge in [0.25, 0.3) is 5.69 Å². The van der Waals surface area contributed by atoms with Gasteiger partial charge in [0, 0.05) is 23.3 Å². The van der Waals surface area contributed by atoms with Crippen molar-refractivity contribution in [1.82, 2.24) is 0 Å². The largest absolute Gasteiger partial charge is 0.386 e. The molecule has 0 amide bonds. The number of nitro groups is 1. The average molecular weight is 301 g/mol. The molecular weight excluding hydrogens is 286 g/mol. The van der Waals surface area contributed by atoms with Gasteiger partial charge >= 0.3 is 11.9 Å². The number of terminal acetylenes is 1. The summed E-state index contributed by atoms with van der Waals surface area (Å²) in [6, 6.07) is 3.34. The Kier molecular flexibility index (Phi) is 4.84. The lowest BCUT2D eigenvalue weighted by molar-refractivity contribution is -0.384. The minimum absolute atomic E-state index is 0.0200. The molecular formula is C16H15NO5. The van der Waals surface area contributed by atoms with E-state index in [4.69, 9.17) is 11.2 Å². The number of hydrogen-bond acceptors (Lipinski definition) is 5. The third kappa shape index (κ3) is 3.79. The first-order valence-corrected chi connectivity index (χ1v) is 6.29. The molecule has 0 radical (unpaired) electrons. The van der Waals surface area contributed by atoms with Crippen molar-refractivity contribution in [3.8, 4) is 12.3 Å². The molecule has 0 aliphatic rings. The molecule has 0 heterocycles. The molecule has 1 aromatic rings. The second kappa shape index (κ2) is 6.22. The maximum Gasteiger partial charge on any atom is 0.347 e. The monoisotopic (exact) mass is 301 g/mol. The van der Waals surface area contributed by atoms with Crippen LogP contribution >= 0.6 is 0 Å². The number of carbonyl (C=O) groups is 2. The maximum atomic E-state index is 12.0. The molecule has 1 rings (SSSR count). The molecule has 0 atom stereocenters. The summed E-state index contributed by atoms with van der Waals surface area (Å²) in [4.78, 5) is 33.9. The van der Waals surface area contributed by atoms with Gasteiger partial charge in [0.2, 0.25) is 0 Å². The number of carbonyl (C=O) groups excluding carboxylic acids is 2. The van der Waals surface area contributed by atoms with E-state index in [-0.39, 0.29) is 22.4 Å². The minimum Gasteiger partial charge on any atom is -0.386 e. The van der Waals surface area contributed by atoms with E-state index in [1.807, 2.05) is 0 Å². The minimum atomic E-state index is -0.974. The molecule has 0 saturated carbocycles. The highest BCUT2D eigenvalue weighted by Crippen LogP contribution is 2.25. The number of hydrogen-bond donors (Lipinski definition) is 0. The van der Waals surface area contributed by atoms with Crippen LogP contribution in [0, 0.1) is 27.9 Å². The van der Waals surface area contributed by atoms with E-state index in [1.54, 1.807) is 20.8 Å². The molecule has 0 aromatic heterocycles. The van der Waals surface area contributed by atoms with Crippen LogP contribution in [0.2, 0.25) is 0 Å². The molecule has 0 bridgehead atoms. The van der Waals surface area contributed by atoms with Crippen molar-refractivity contribution in [2.24, 2.45) is 5.41 Å². The zero-order valence-corrected chi connectivity index (χ0v) is 12.5. The summed E-state index contributed by atoms with van der Waals surface area (Å²) in [6.45, 7) is 8.85. The van der Waals surface area contributed by atoms with Crippen molar-refractivity contribution in [3.63, 3.8) is 0 Å². The zero-order chi connectivity index (χ0) is 17.1. The Morgan fingerprint density at radius 3 is 2.41 bits per heavy atom. The second-order valence-corrected chi connectivity index (χ2v) is 5.54. The molecule has 114 valence electrons. The lowest BCUT2D eigenvalue weighted by Crippen LogP contribution is -2.22. The fourth-order valence-electron chi connectivity index (χ4n) is 1.45. The van der Waals surface area contributed by atoms with E-state index in [0.717, 1.165) is 18.2 Å². The summed E-state index contributed by atoms with van der Waals surface area (Å²) >= 11 is 0. The van der Waals surface area contributed by atoms with Gasteiger partial charge in [-0.25, -0.2) is 9.59 Å². The van der Waals surface area contributed by atoms with Crippen molar-refractivity contribution < 1.29 is 19.2 Å². The lowest BCUT2D eigenvalue weighted by atomic mass is 9.88. The van der Waals surface area contributed by atoms with Gasteiger partial charge in [0.1, 0.15) is 0 Å². The van der Waals surface area contributed by atoms with Gasteiger partial charge in [-0.1, -0.05) is 33.3 Å². The topological polar surface area (TPSA) is 86.5 Å². The molecule has 0 aliphatic heterocycles. The summed E-state index contributed by atoms with van der Waals surface area (Å²) in [7, 11) is 0. The summed E-state index contributed by atoms with van der Waals surface area (Å²) in [6.07, 6.45) is 5.23. The highest BCUT2D eigenvalue weighted by Gasteiger charge is 2.26. The SMILES string of the molecule is C#Cc1cc([N+](=O)[O-])ccc1C(=O)OC(=O)C(=C)C(C)(C)C. The highest BCUT2D eigenvalue weighted by molar-refractivity contribution is 6.03. The van der Waals surface area contributed by atoms with Gasteiger partial charge < -0.3 is 4.74 Å². The Balaban J connectivity index is 3.05. The third-order valence-corrected chi connectivity index (χ3v) is 2.93. The average Bonchev–Trinajstić information content (AvgIpc) is 2.44. The van der Waals surface area contributed by atoms with Crippen molar-refractivity contribution >= 4 is 17.6 Å². The van der Waals surface area contributed by atoms with Crippen molar-refractivity contribution in [2.75, 3.05) is 0 Å². The number of nitrogens with zero attached hydrogens (tertiary/aromatic N) is 1. The van der Waals surface area contributed by atoms with E-state index in [0.29, 0.717) is 0 Å². The predicted molar refractivity (Wildman–Crippen MR) is 80.0 cm³/mol. The van der Waals surface area contributed by atoms with Gasteiger partial charge in [-0.05, 0) is 11.5 Å². The Hall–Kier alpha value is -2.94. The fourth-order valence-corrected chi connectivity index (χ4v) is 1.45. The summed E-state index contributed by atoms with van der Waals surface area (Å²) in [5, 5.41) is 10.7. The summed E-state index contributed by atoms with van der Waals surface area (Å²) in [5.74, 6) is 0.329.